The quantitative estimate of drug-likeness (QED) is 0.692. The predicted octanol–water partition coefficient (Wildman–Crippen LogP) is 4.34. The van der Waals surface area contributed by atoms with Gasteiger partial charge in [0.1, 0.15) is 5.75 Å². The zero-order valence-electron chi connectivity index (χ0n) is 14.8. The van der Waals surface area contributed by atoms with Gasteiger partial charge in [-0.1, -0.05) is 54.6 Å². The molecule has 0 fully saturated rings. The molecular weight excluding hydrogens is 324 g/mol. The standard InChI is InChI=1S/C22H22N2O2/c1-26-21-14-8-11-19(15-21)23-16-22(25)24(20-12-6-3-7-13-20)17-18-9-4-2-5-10-18/h2-15,23H,16-17H2,1H3. The second kappa shape index (κ2) is 8.72. The summed E-state index contributed by atoms with van der Waals surface area (Å²) in [6.45, 7) is 0.734. The summed E-state index contributed by atoms with van der Waals surface area (Å²) < 4.78 is 5.22. The van der Waals surface area contributed by atoms with Crippen molar-refractivity contribution < 1.29 is 9.53 Å². The van der Waals surface area contributed by atoms with E-state index in [2.05, 4.69) is 5.32 Å². The molecule has 0 aromatic heterocycles. The van der Waals surface area contributed by atoms with Crippen LogP contribution >= 0.6 is 0 Å². The minimum atomic E-state index is 0.00266. The van der Waals surface area contributed by atoms with E-state index in [0.29, 0.717) is 6.54 Å². The van der Waals surface area contributed by atoms with Crippen LogP contribution < -0.4 is 15.0 Å². The number of methoxy groups -OCH3 is 1. The van der Waals surface area contributed by atoms with Crippen molar-refractivity contribution in [1.29, 1.82) is 0 Å². The van der Waals surface area contributed by atoms with Crippen molar-refractivity contribution in [1.82, 2.24) is 0 Å². The molecular formula is C22H22N2O2. The van der Waals surface area contributed by atoms with Gasteiger partial charge in [-0.15, -0.1) is 0 Å². The molecule has 4 heteroatoms. The van der Waals surface area contributed by atoms with E-state index < -0.39 is 0 Å². The maximum absolute atomic E-state index is 12.9. The summed E-state index contributed by atoms with van der Waals surface area (Å²) in [5, 5.41) is 3.18. The Bertz CT molecular complexity index is 835. The van der Waals surface area contributed by atoms with Gasteiger partial charge < -0.3 is 15.0 Å². The van der Waals surface area contributed by atoms with Crippen LogP contribution in [0.4, 0.5) is 11.4 Å². The van der Waals surface area contributed by atoms with E-state index in [1.54, 1.807) is 12.0 Å². The minimum Gasteiger partial charge on any atom is -0.497 e. The Morgan fingerprint density at radius 3 is 2.31 bits per heavy atom. The predicted molar refractivity (Wildman–Crippen MR) is 106 cm³/mol. The molecule has 3 aromatic carbocycles. The van der Waals surface area contributed by atoms with Crippen LogP contribution in [-0.2, 0) is 11.3 Å². The molecule has 0 aliphatic rings. The van der Waals surface area contributed by atoms with E-state index >= 15 is 0 Å². The van der Waals surface area contributed by atoms with Crippen LogP contribution in [0.3, 0.4) is 0 Å². The van der Waals surface area contributed by atoms with Crippen LogP contribution in [0.15, 0.2) is 84.9 Å². The third kappa shape index (κ3) is 4.63. The lowest BCUT2D eigenvalue weighted by Gasteiger charge is -2.23. The van der Waals surface area contributed by atoms with Gasteiger partial charge in [-0.25, -0.2) is 0 Å². The summed E-state index contributed by atoms with van der Waals surface area (Å²) in [6.07, 6.45) is 0. The van der Waals surface area contributed by atoms with E-state index in [4.69, 9.17) is 4.74 Å². The van der Waals surface area contributed by atoms with Crippen molar-refractivity contribution >= 4 is 17.3 Å². The SMILES string of the molecule is COc1cccc(NCC(=O)N(Cc2ccccc2)c2ccccc2)c1. The van der Waals surface area contributed by atoms with Gasteiger partial charge in [0.05, 0.1) is 20.2 Å². The first-order valence-electron chi connectivity index (χ1n) is 8.53. The highest BCUT2D eigenvalue weighted by molar-refractivity contribution is 5.96. The number of benzene rings is 3. The molecule has 3 rings (SSSR count). The number of para-hydroxylation sites is 1. The molecule has 4 nitrogen and oxygen atoms in total. The molecule has 0 aliphatic carbocycles. The lowest BCUT2D eigenvalue weighted by molar-refractivity contribution is -0.117. The molecule has 3 aromatic rings. The highest BCUT2D eigenvalue weighted by Crippen LogP contribution is 2.19. The van der Waals surface area contributed by atoms with E-state index in [0.717, 1.165) is 22.7 Å². The van der Waals surface area contributed by atoms with Crippen molar-refractivity contribution in [3.05, 3.63) is 90.5 Å². The summed E-state index contributed by atoms with van der Waals surface area (Å²) >= 11 is 0. The van der Waals surface area contributed by atoms with Crippen molar-refractivity contribution in [2.45, 2.75) is 6.54 Å². The Balaban J connectivity index is 1.74. The lowest BCUT2D eigenvalue weighted by atomic mass is 10.2. The first kappa shape index (κ1) is 17.5. The number of anilines is 2. The summed E-state index contributed by atoms with van der Waals surface area (Å²) in [5.41, 5.74) is 2.82. The van der Waals surface area contributed by atoms with Gasteiger partial charge in [-0.3, -0.25) is 4.79 Å². The average Bonchev–Trinajstić information content (AvgIpc) is 2.72. The highest BCUT2D eigenvalue weighted by atomic mass is 16.5. The zero-order valence-corrected chi connectivity index (χ0v) is 14.8. The molecule has 0 saturated carbocycles. The number of rotatable bonds is 7. The van der Waals surface area contributed by atoms with Gasteiger partial charge >= 0.3 is 0 Å². The number of hydrogen-bond donors (Lipinski definition) is 1. The second-order valence-electron chi connectivity index (χ2n) is 5.89. The Hall–Kier alpha value is -3.27. The van der Waals surface area contributed by atoms with E-state index in [-0.39, 0.29) is 12.5 Å². The summed E-state index contributed by atoms with van der Waals surface area (Å²) in [7, 11) is 1.63. The smallest absolute Gasteiger partial charge is 0.246 e. The normalized spacial score (nSPS) is 10.2. The lowest BCUT2D eigenvalue weighted by Crippen LogP contribution is -2.35. The molecule has 0 saturated heterocycles. The van der Waals surface area contributed by atoms with Crippen LogP contribution in [0.5, 0.6) is 5.75 Å². The molecule has 0 aliphatic heterocycles. The monoisotopic (exact) mass is 346 g/mol. The molecule has 1 amide bonds. The van der Waals surface area contributed by atoms with Crippen molar-refractivity contribution in [2.75, 3.05) is 23.9 Å². The fourth-order valence-electron chi connectivity index (χ4n) is 2.70. The van der Waals surface area contributed by atoms with Gasteiger partial charge in [-0.2, -0.15) is 0 Å². The molecule has 0 atom stereocenters. The highest BCUT2D eigenvalue weighted by Gasteiger charge is 2.16. The molecule has 0 heterocycles. The maximum atomic E-state index is 12.9. The van der Waals surface area contributed by atoms with E-state index in [1.807, 2.05) is 84.9 Å². The summed E-state index contributed by atoms with van der Waals surface area (Å²) in [4.78, 5) is 14.7. The van der Waals surface area contributed by atoms with Crippen molar-refractivity contribution in [2.24, 2.45) is 0 Å². The largest absolute Gasteiger partial charge is 0.497 e. The van der Waals surface area contributed by atoms with E-state index in [9.17, 15) is 4.79 Å². The second-order valence-corrected chi connectivity index (χ2v) is 5.89. The maximum Gasteiger partial charge on any atom is 0.246 e. The number of carbonyl (C=O) groups excluding carboxylic acids is 1. The van der Waals surface area contributed by atoms with Crippen molar-refractivity contribution in [3.63, 3.8) is 0 Å². The first-order valence-corrected chi connectivity index (χ1v) is 8.53. The fourth-order valence-corrected chi connectivity index (χ4v) is 2.70. The minimum absolute atomic E-state index is 0.00266. The third-order valence-electron chi connectivity index (χ3n) is 4.07. The molecule has 1 N–H and O–H groups in total. The molecule has 26 heavy (non-hydrogen) atoms. The number of nitrogens with zero attached hydrogens (tertiary/aromatic N) is 1. The molecule has 0 spiro atoms. The van der Waals surface area contributed by atoms with Gasteiger partial charge in [-0.05, 0) is 29.8 Å². The summed E-state index contributed by atoms with van der Waals surface area (Å²) in [6, 6.07) is 27.3. The Labute approximate surface area is 154 Å². The van der Waals surface area contributed by atoms with E-state index in [1.165, 1.54) is 0 Å². The first-order chi connectivity index (χ1) is 12.8. The number of carbonyl (C=O) groups is 1. The van der Waals surface area contributed by atoms with Gasteiger partial charge in [0.2, 0.25) is 5.91 Å². The molecule has 0 bridgehead atoms. The Morgan fingerprint density at radius 2 is 1.62 bits per heavy atom. The van der Waals surface area contributed by atoms with Crippen LogP contribution in [0.1, 0.15) is 5.56 Å². The number of nitrogens with one attached hydrogen (secondary N) is 1. The van der Waals surface area contributed by atoms with Crippen LogP contribution in [-0.4, -0.2) is 19.6 Å². The van der Waals surface area contributed by atoms with Crippen molar-refractivity contribution in [3.8, 4) is 5.75 Å². The van der Waals surface area contributed by atoms with Crippen LogP contribution in [0.25, 0.3) is 0 Å². The fraction of sp³-hybridized carbons (Fsp3) is 0.136. The van der Waals surface area contributed by atoms with Gasteiger partial charge in [0, 0.05) is 17.4 Å². The molecule has 0 radical (unpaired) electrons. The third-order valence-corrected chi connectivity index (χ3v) is 4.07. The topological polar surface area (TPSA) is 41.6 Å². The zero-order chi connectivity index (χ0) is 18.2. The molecule has 132 valence electrons. The number of hydrogen-bond acceptors (Lipinski definition) is 3. The van der Waals surface area contributed by atoms with Gasteiger partial charge in [0.25, 0.3) is 0 Å². The number of ether oxygens (including phenoxy) is 1. The van der Waals surface area contributed by atoms with Crippen LogP contribution in [0.2, 0.25) is 0 Å². The summed E-state index contributed by atoms with van der Waals surface area (Å²) in [5.74, 6) is 0.759. The Morgan fingerprint density at radius 1 is 0.923 bits per heavy atom. The average molecular weight is 346 g/mol. The van der Waals surface area contributed by atoms with Crippen LogP contribution in [0, 0.1) is 0 Å². The van der Waals surface area contributed by atoms with Gasteiger partial charge in [0.15, 0.2) is 0 Å². The Kier molecular flexibility index (Phi) is 5.88. The molecule has 0 unspecified atom stereocenters. The number of amides is 1.